The number of aromatic nitrogens is 1. The highest BCUT2D eigenvalue weighted by Crippen LogP contribution is 2.32. The van der Waals surface area contributed by atoms with Crippen LogP contribution in [-0.4, -0.2) is 29.9 Å². The third-order valence-electron chi connectivity index (χ3n) is 4.22. The molecule has 0 spiro atoms. The molecule has 1 N–H and O–H groups in total. The third-order valence-corrected chi connectivity index (χ3v) is 5.08. The maximum atomic E-state index is 14.0. The number of thiazole rings is 1. The Bertz CT molecular complexity index is 1230. The highest BCUT2D eigenvalue weighted by Gasteiger charge is 2.17. The predicted molar refractivity (Wildman–Crippen MR) is 112 cm³/mol. The topological polar surface area (TPSA) is 68.0 Å². The van der Waals surface area contributed by atoms with Crippen LogP contribution in [0.25, 0.3) is 11.3 Å². The van der Waals surface area contributed by atoms with Crippen molar-refractivity contribution < 1.29 is 18.3 Å². The lowest BCUT2D eigenvalue weighted by Crippen LogP contribution is -2.25. The predicted octanol–water partition coefficient (Wildman–Crippen LogP) is 3.79. The normalized spacial score (nSPS) is 13.8. The van der Waals surface area contributed by atoms with Gasteiger partial charge < -0.3 is 10.1 Å². The molecule has 0 aliphatic carbocycles. The zero-order valence-electron chi connectivity index (χ0n) is 15.6. The summed E-state index contributed by atoms with van der Waals surface area (Å²) in [6, 6.07) is 8.65. The van der Waals surface area contributed by atoms with Crippen molar-refractivity contribution in [2.45, 2.75) is 0 Å². The van der Waals surface area contributed by atoms with E-state index in [-0.39, 0.29) is 18.1 Å². The number of halogens is 2. The van der Waals surface area contributed by atoms with Crippen molar-refractivity contribution in [3.05, 3.63) is 76.4 Å². The first-order valence-corrected chi connectivity index (χ1v) is 9.81. The van der Waals surface area contributed by atoms with E-state index in [1.165, 1.54) is 29.7 Å². The molecule has 2 heterocycles. The van der Waals surface area contributed by atoms with Gasteiger partial charge in [-0.05, 0) is 30.3 Å². The Kier molecular flexibility index (Phi) is 5.53. The molecule has 1 aromatic heterocycles. The highest BCUT2D eigenvalue weighted by atomic mass is 32.1. The Morgan fingerprint density at radius 2 is 2.13 bits per heavy atom. The van der Waals surface area contributed by atoms with Crippen LogP contribution in [0.1, 0.15) is 5.56 Å². The summed E-state index contributed by atoms with van der Waals surface area (Å²) < 4.78 is 34.1. The van der Waals surface area contributed by atoms with Crippen LogP contribution in [0.4, 0.5) is 14.5 Å². The molecule has 3 aromatic rings. The van der Waals surface area contributed by atoms with Crippen molar-refractivity contribution >= 4 is 29.1 Å². The van der Waals surface area contributed by atoms with Gasteiger partial charge in [0.05, 0.1) is 24.1 Å². The maximum absolute atomic E-state index is 14.0. The number of carbonyl (C=O) groups excluding carboxylic acids is 1. The average molecular weight is 426 g/mol. The van der Waals surface area contributed by atoms with Gasteiger partial charge in [0.2, 0.25) is 4.80 Å². The van der Waals surface area contributed by atoms with Gasteiger partial charge in [0.25, 0.3) is 5.91 Å². The Labute approximate surface area is 174 Å². The fraction of sp³-hybridized carbons (Fsp3) is 0.0952. The summed E-state index contributed by atoms with van der Waals surface area (Å²) in [5.41, 5.74) is 2.14. The largest absolute Gasteiger partial charge is 0.482 e. The molecule has 0 radical (unpaired) electrons. The quantitative estimate of drug-likeness (QED) is 0.498. The molecule has 1 aliphatic rings. The number of carbonyl (C=O) groups is 1. The molecule has 0 bridgehead atoms. The molecule has 0 fully saturated rings. The minimum absolute atomic E-state index is 0.0249. The van der Waals surface area contributed by atoms with Gasteiger partial charge in [0, 0.05) is 22.6 Å². The summed E-state index contributed by atoms with van der Waals surface area (Å²) in [5, 5.41) is 9.00. The molecule has 0 atom stereocenters. The van der Waals surface area contributed by atoms with Gasteiger partial charge in [-0.15, -0.1) is 17.9 Å². The molecule has 0 unspecified atom stereocenters. The molecule has 9 heteroatoms. The summed E-state index contributed by atoms with van der Waals surface area (Å²) in [6.45, 7) is 4.02. The summed E-state index contributed by atoms with van der Waals surface area (Å²) in [5.74, 6) is -1.03. The molecule has 30 heavy (non-hydrogen) atoms. The first kappa shape index (κ1) is 19.7. The number of nitrogens with one attached hydrogen (secondary N) is 1. The van der Waals surface area contributed by atoms with Crippen LogP contribution in [0.5, 0.6) is 5.75 Å². The molecular formula is C21H16F2N4O2S. The maximum Gasteiger partial charge on any atom is 0.262 e. The van der Waals surface area contributed by atoms with Crippen molar-refractivity contribution in [2.24, 2.45) is 10.1 Å². The molecule has 1 amide bonds. The second-order valence-electron chi connectivity index (χ2n) is 6.30. The van der Waals surface area contributed by atoms with Crippen molar-refractivity contribution in [3.63, 3.8) is 0 Å². The van der Waals surface area contributed by atoms with E-state index < -0.39 is 11.6 Å². The molecule has 4 rings (SSSR count). The highest BCUT2D eigenvalue weighted by molar-refractivity contribution is 7.07. The summed E-state index contributed by atoms with van der Waals surface area (Å²) >= 11 is 1.35. The van der Waals surface area contributed by atoms with Gasteiger partial charge in [0.1, 0.15) is 17.4 Å². The number of hydrogen-bond acceptors (Lipinski definition) is 5. The standard InChI is InChI=1S/C21H16F2N4O2S/c1-2-7-24-21-27(25-10-14-3-5-15(22)9-16(14)23)18(12-30-21)13-4-6-19-17(8-13)26-20(28)11-29-19/h2-6,8-10,12H,1,7,11H2,(H,26,28). The summed E-state index contributed by atoms with van der Waals surface area (Å²) in [4.78, 5) is 16.6. The lowest BCUT2D eigenvalue weighted by Gasteiger charge is -2.18. The van der Waals surface area contributed by atoms with Crippen LogP contribution >= 0.6 is 11.3 Å². The van der Waals surface area contributed by atoms with Crippen molar-refractivity contribution in [3.8, 4) is 17.0 Å². The van der Waals surface area contributed by atoms with E-state index >= 15 is 0 Å². The minimum Gasteiger partial charge on any atom is -0.482 e. The third kappa shape index (κ3) is 4.06. The van der Waals surface area contributed by atoms with Crippen LogP contribution < -0.4 is 14.9 Å². The van der Waals surface area contributed by atoms with E-state index in [1.54, 1.807) is 22.9 Å². The lowest BCUT2D eigenvalue weighted by atomic mass is 10.1. The molecule has 0 saturated carbocycles. The first-order valence-electron chi connectivity index (χ1n) is 8.93. The fourth-order valence-corrected chi connectivity index (χ4v) is 3.68. The fourth-order valence-electron chi connectivity index (χ4n) is 2.83. The Morgan fingerprint density at radius 1 is 1.27 bits per heavy atom. The van der Waals surface area contributed by atoms with Crippen LogP contribution in [0.15, 0.2) is 64.5 Å². The number of amides is 1. The Hall–Kier alpha value is -3.59. The zero-order chi connectivity index (χ0) is 21.1. The second-order valence-corrected chi connectivity index (χ2v) is 7.14. The van der Waals surface area contributed by atoms with Gasteiger partial charge in [-0.25, -0.2) is 13.5 Å². The van der Waals surface area contributed by atoms with Gasteiger partial charge in [-0.1, -0.05) is 6.08 Å². The van der Waals surface area contributed by atoms with E-state index in [4.69, 9.17) is 4.74 Å². The Morgan fingerprint density at radius 3 is 2.93 bits per heavy atom. The summed E-state index contributed by atoms with van der Waals surface area (Å²) in [6.07, 6.45) is 2.96. The van der Waals surface area contributed by atoms with Gasteiger partial charge in [0.15, 0.2) is 6.61 Å². The zero-order valence-corrected chi connectivity index (χ0v) is 16.5. The smallest absolute Gasteiger partial charge is 0.262 e. The van der Waals surface area contributed by atoms with Crippen molar-refractivity contribution in [2.75, 3.05) is 18.5 Å². The molecular weight excluding hydrogens is 410 g/mol. The van der Waals surface area contributed by atoms with Crippen molar-refractivity contribution in [1.82, 2.24) is 4.68 Å². The number of benzene rings is 2. The summed E-state index contributed by atoms with van der Waals surface area (Å²) in [7, 11) is 0. The van der Waals surface area contributed by atoms with E-state index in [0.29, 0.717) is 28.5 Å². The SMILES string of the molecule is C=CCN=c1scc(-c2ccc3c(c2)NC(=O)CO3)n1N=Cc1ccc(F)cc1F. The monoisotopic (exact) mass is 426 g/mol. The van der Waals surface area contributed by atoms with E-state index in [2.05, 4.69) is 22.0 Å². The van der Waals surface area contributed by atoms with E-state index in [0.717, 1.165) is 11.6 Å². The number of anilines is 1. The van der Waals surface area contributed by atoms with Crippen molar-refractivity contribution in [1.29, 1.82) is 0 Å². The molecule has 1 aliphatic heterocycles. The van der Waals surface area contributed by atoms with Crippen LogP contribution in [0.3, 0.4) is 0 Å². The van der Waals surface area contributed by atoms with Crippen LogP contribution in [0, 0.1) is 11.6 Å². The molecule has 152 valence electrons. The Balaban J connectivity index is 1.79. The van der Waals surface area contributed by atoms with Crippen LogP contribution in [0.2, 0.25) is 0 Å². The van der Waals surface area contributed by atoms with E-state index in [9.17, 15) is 13.6 Å². The lowest BCUT2D eigenvalue weighted by molar-refractivity contribution is -0.118. The molecule has 2 aromatic carbocycles. The number of rotatable bonds is 5. The van der Waals surface area contributed by atoms with Gasteiger partial charge in [-0.3, -0.25) is 9.79 Å². The number of nitrogens with zero attached hydrogens (tertiary/aromatic N) is 3. The van der Waals surface area contributed by atoms with E-state index in [1.807, 2.05) is 11.4 Å². The molecule has 6 nitrogen and oxygen atoms in total. The number of fused-ring (bicyclic) bond motifs is 1. The number of hydrogen-bond donors (Lipinski definition) is 1. The minimum atomic E-state index is -0.714. The number of ether oxygens (including phenoxy) is 1. The van der Waals surface area contributed by atoms with Gasteiger partial charge in [-0.2, -0.15) is 5.10 Å². The van der Waals surface area contributed by atoms with Crippen LogP contribution in [-0.2, 0) is 4.79 Å². The van der Waals surface area contributed by atoms with Gasteiger partial charge >= 0.3 is 0 Å². The average Bonchev–Trinajstić information content (AvgIpc) is 3.13. The molecule has 0 saturated heterocycles. The first-order chi connectivity index (χ1) is 14.5. The second kappa shape index (κ2) is 8.42.